The molecule has 0 spiro atoms. The van der Waals surface area contributed by atoms with Crippen molar-refractivity contribution in [1.29, 1.82) is 0 Å². The van der Waals surface area contributed by atoms with Gasteiger partial charge in [0.05, 0.1) is 5.70 Å². The first-order valence-corrected chi connectivity index (χ1v) is 10.7. The molecule has 152 valence electrons. The smallest absolute Gasteiger partial charge is 0.226 e. The molecule has 1 aromatic heterocycles. The molecule has 3 aromatic carbocycles. The van der Waals surface area contributed by atoms with Gasteiger partial charge in [0.15, 0.2) is 0 Å². The lowest BCUT2D eigenvalue weighted by molar-refractivity contribution is 0.222. The average molecular weight is 475 g/mol. The van der Waals surface area contributed by atoms with Crippen LogP contribution in [0.1, 0.15) is 28.8 Å². The molecule has 3 heterocycles. The summed E-state index contributed by atoms with van der Waals surface area (Å²) >= 11 is 3.52. The summed E-state index contributed by atoms with van der Waals surface area (Å²) in [5.41, 5.74) is 4.50. The molecule has 5 nitrogen and oxygen atoms in total. The summed E-state index contributed by atoms with van der Waals surface area (Å²) in [7, 11) is 0. The SMILES string of the molecule is Fc1ccc2c(c1)C1=C([C@H](c3ccc(Br)cc3)n3ncnc3N1)[C@@H](c1ccccc1)O2. The van der Waals surface area contributed by atoms with Crippen molar-refractivity contribution in [3.8, 4) is 5.75 Å². The van der Waals surface area contributed by atoms with Gasteiger partial charge >= 0.3 is 0 Å². The molecule has 0 amide bonds. The van der Waals surface area contributed by atoms with Crippen molar-refractivity contribution >= 4 is 27.6 Å². The topological polar surface area (TPSA) is 52.0 Å². The molecule has 6 rings (SSSR count). The maximum Gasteiger partial charge on any atom is 0.226 e. The summed E-state index contributed by atoms with van der Waals surface area (Å²) in [4.78, 5) is 4.40. The fourth-order valence-electron chi connectivity index (χ4n) is 4.31. The molecule has 0 saturated heterocycles. The Balaban J connectivity index is 1.64. The lowest BCUT2D eigenvalue weighted by atomic mass is 9.84. The van der Waals surface area contributed by atoms with E-state index in [1.165, 1.54) is 18.5 Å². The predicted molar refractivity (Wildman–Crippen MR) is 119 cm³/mol. The van der Waals surface area contributed by atoms with Gasteiger partial charge in [0.2, 0.25) is 5.95 Å². The zero-order valence-electron chi connectivity index (χ0n) is 16.2. The first-order chi connectivity index (χ1) is 15.2. The summed E-state index contributed by atoms with van der Waals surface area (Å²) in [6, 6.07) is 22.5. The van der Waals surface area contributed by atoms with Crippen LogP contribution in [0.4, 0.5) is 10.3 Å². The molecule has 4 aromatic rings. The number of halogens is 2. The molecule has 1 N–H and O–H groups in total. The molecular formula is C24H16BrFN4O. The number of fused-ring (bicyclic) bond motifs is 3. The fraction of sp³-hybridized carbons (Fsp3) is 0.0833. The minimum Gasteiger partial charge on any atom is -0.480 e. The number of nitrogens with one attached hydrogen (secondary N) is 1. The van der Waals surface area contributed by atoms with E-state index in [0.717, 1.165) is 26.9 Å². The number of ether oxygens (including phenoxy) is 1. The summed E-state index contributed by atoms with van der Waals surface area (Å²) in [6.45, 7) is 0. The van der Waals surface area contributed by atoms with E-state index in [2.05, 4.69) is 43.5 Å². The van der Waals surface area contributed by atoms with E-state index in [-0.39, 0.29) is 18.0 Å². The Morgan fingerprint density at radius 2 is 1.77 bits per heavy atom. The van der Waals surface area contributed by atoms with Crippen LogP contribution in [0, 0.1) is 5.82 Å². The van der Waals surface area contributed by atoms with Gasteiger partial charge in [-0.3, -0.25) is 0 Å². The Morgan fingerprint density at radius 3 is 2.58 bits per heavy atom. The number of rotatable bonds is 2. The van der Waals surface area contributed by atoms with Gasteiger partial charge in [0.1, 0.15) is 30.0 Å². The van der Waals surface area contributed by atoms with Crippen LogP contribution in [0.25, 0.3) is 5.70 Å². The Labute approximate surface area is 186 Å². The van der Waals surface area contributed by atoms with Gasteiger partial charge in [-0.15, -0.1) is 0 Å². The minimum atomic E-state index is -0.368. The van der Waals surface area contributed by atoms with Crippen molar-refractivity contribution in [2.75, 3.05) is 5.32 Å². The molecule has 7 heteroatoms. The molecule has 0 radical (unpaired) electrons. The minimum absolute atomic E-state index is 0.261. The van der Waals surface area contributed by atoms with Crippen molar-refractivity contribution in [3.63, 3.8) is 0 Å². The summed E-state index contributed by atoms with van der Waals surface area (Å²) < 4.78 is 23.5. The van der Waals surface area contributed by atoms with E-state index in [4.69, 9.17) is 4.74 Å². The van der Waals surface area contributed by atoms with E-state index in [1.807, 2.05) is 47.1 Å². The molecule has 0 saturated carbocycles. The Kier molecular flexibility index (Phi) is 4.17. The molecule has 31 heavy (non-hydrogen) atoms. The monoisotopic (exact) mass is 474 g/mol. The molecule has 0 fully saturated rings. The van der Waals surface area contributed by atoms with Crippen LogP contribution in [0.3, 0.4) is 0 Å². The van der Waals surface area contributed by atoms with Crippen LogP contribution in [-0.4, -0.2) is 14.8 Å². The molecule has 0 bridgehead atoms. The van der Waals surface area contributed by atoms with Crippen LogP contribution < -0.4 is 10.1 Å². The Morgan fingerprint density at radius 1 is 0.968 bits per heavy atom. The van der Waals surface area contributed by atoms with Gasteiger partial charge in [0.25, 0.3) is 0 Å². The van der Waals surface area contributed by atoms with E-state index in [9.17, 15) is 4.39 Å². The second kappa shape index (κ2) is 7.06. The number of nitrogens with zero attached hydrogens (tertiary/aromatic N) is 3. The first-order valence-electron chi connectivity index (χ1n) is 9.86. The van der Waals surface area contributed by atoms with Gasteiger partial charge in [-0.05, 0) is 41.5 Å². The van der Waals surface area contributed by atoms with Crippen LogP contribution in [-0.2, 0) is 0 Å². The molecule has 2 atom stereocenters. The van der Waals surface area contributed by atoms with E-state index < -0.39 is 0 Å². The van der Waals surface area contributed by atoms with Crippen LogP contribution in [0.2, 0.25) is 0 Å². The Hall–Kier alpha value is -3.45. The third-order valence-corrected chi connectivity index (χ3v) is 6.19. The van der Waals surface area contributed by atoms with E-state index >= 15 is 0 Å². The lowest BCUT2D eigenvalue weighted by Gasteiger charge is -2.39. The summed E-state index contributed by atoms with van der Waals surface area (Å²) in [5, 5.41) is 7.88. The molecule has 2 aliphatic heterocycles. The van der Waals surface area contributed by atoms with Gasteiger partial charge in [-0.1, -0.05) is 58.4 Å². The average Bonchev–Trinajstić information content (AvgIpc) is 3.27. The highest BCUT2D eigenvalue weighted by molar-refractivity contribution is 9.10. The molecule has 0 aliphatic carbocycles. The molecular weight excluding hydrogens is 459 g/mol. The second-order valence-electron chi connectivity index (χ2n) is 7.49. The molecule has 0 unspecified atom stereocenters. The zero-order valence-corrected chi connectivity index (χ0v) is 17.8. The number of hydrogen-bond donors (Lipinski definition) is 1. The van der Waals surface area contributed by atoms with Crippen LogP contribution in [0.15, 0.2) is 89.2 Å². The summed E-state index contributed by atoms with van der Waals surface area (Å²) in [5.74, 6) is 0.918. The van der Waals surface area contributed by atoms with Gasteiger partial charge in [0, 0.05) is 15.6 Å². The first kappa shape index (κ1) is 18.3. The largest absolute Gasteiger partial charge is 0.480 e. The maximum atomic E-state index is 14.2. The van der Waals surface area contributed by atoms with Crippen molar-refractivity contribution in [1.82, 2.24) is 14.8 Å². The van der Waals surface area contributed by atoms with Gasteiger partial charge < -0.3 is 10.1 Å². The van der Waals surface area contributed by atoms with E-state index in [1.54, 1.807) is 6.07 Å². The highest BCUT2D eigenvalue weighted by atomic mass is 79.9. The normalized spacial score (nSPS) is 19.0. The van der Waals surface area contributed by atoms with Crippen molar-refractivity contribution in [2.45, 2.75) is 12.1 Å². The third-order valence-electron chi connectivity index (χ3n) is 5.66. The van der Waals surface area contributed by atoms with Crippen molar-refractivity contribution in [2.24, 2.45) is 0 Å². The zero-order chi connectivity index (χ0) is 20.9. The van der Waals surface area contributed by atoms with Crippen molar-refractivity contribution in [3.05, 3.63) is 112 Å². The fourth-order valence-corrected chi connectivity index (χ4v) is 4.57. The van der Waals surface area contributed by atoms with Crippen LogP contribution >= 0.6 is 15.9 Å². The number of hydrogen-bond acceptors (Lipinski definition) is 4. The number of benzene rings is 3. The van der Waals surface area contributed by atoms with Gasteiger partial charge in [-0.25, -0.2) is 9.07 Å². The Bertz CT molecular complexity index is 1320. The molecule has 2 aliphatic rings. The highest BCUT2D eigenvalue weighted by Gasteiger charge is 2.41. The number of anilines is 1. The van der Waals surface area contributed by atoms with E-state index in [0.29, 0.717) is 17.3 Å². The lowest BCUT2D eigenvalue weighted by Crippen LogP contribution is -2.32. The second-order valence-corrected chi connectivity index (χ2v) is 8.40. The van der Waals surface area contributed by atoms with Crippen LogP contribution in [0.5, 0.6) is 5.75 Å². The highest BCUT2D eigenvalue weighted by Crippen LogP contribution is 2.50. The third kappa shape index (κ3) is 2.96. The quantitative estimate of drug-likeness (QED) is 0.402. The summed E-state index contributed by atoms with van der Waals surface area (Å²) in [6.07, 6.45) is 1.16. The standard InChI is InChI=1S/C24H16BrFN4O/c25-16-8-6-14(7-9-16)22-20-21(29-24-27-13-28-30(22)24)18-12-17(26)10-11-19(18)31-23(20)15-4-2-1-3-5-15/h1-13,22-23H,(H,27,28,29)/t22-,23+/m0/s1. The number of aromatic nitrogens is 3. The maximum absolute atomic E-state index is 14.2. The van der Waals surface area contributed by atoms with Crippen molar-refractivity contribution < 1.29 is 9.13 Å². The predicted octanol–water partition coefficient (Wildman–Crippen LogP) is 5.74. The van der Waals surface area contributed by atoms with Gasteiger partial charge in [-0.2, -0.15) is 10.1 Å².